The van der Waals surface area contributed by atoms with Gasteiger partial charge in [-0.3, -0.25) is 9.78 Å². The van der Waals surface area contributed by atoms with Crippen LogP contribution in [0.5, 0.6) is 0 Å². The van der Waals surface area contributed by atoms with Crippen molar-refractivity contribution >= 4 is 33.2 Å². The molecule has 1 aromatic heterocycles. The number of rotatable bonds is 4. The molecule has 5 heteroatoms. The molecule has 1 heterocycles. The number of aromatic nitrogens is 1. The molecule has 0 spiro atoms. The molecule has 0 bridgehead atoms. The highest BCUT2D eigenvalue weighted by Crippen LogP contribution is 2.22. The average molecular weight is 334 g/mol. The monoisotopic (exact) mass is 333 g/mol. The van der Waals surface area contributed by atoms with Crippen molar-refractivity contribution in [3.8, 4) is 0 Å². The average Bonchev–Trinajstić information content (AvgIpc) is 2.47. The van der Waals surface area contributed by atoms with Crippen LogP contribution in [0.1, 0.15) is 15.9 Å². The van der Waals surface area contributed by atoms with Gasteiger partial charge in [0.05, 0.1) is 17.6 Å². The molecule has 0 atom stereocenters. The second kappa shape index (κ2) is 6.52. The smallest absolute Gasteiger partial charge is 0.255 e. The van der Waals surface area contributed by atoms with Crippen molar-refractivity contribution in [1.82, 2.24) is 4.98 Å². The van der Waals surface area contributed by atoms with Gasteiger partial charge in [0.25, 0.3) is 5.91 Å². The Balaban J connectivity index is 2.19. The lowest BCUT2D eigenvalue weighted by molar-refractivity contribution is 0.102. The highest BCUT2D eigenvalue weighted by atomic mass is 79.9. The highest BCUT2D eigenvalue weighted by Gasteiger charge is 2.10. The number of carbonyl (C=O) groups excluding carboxylic acids is 1. The molecular weight excluding hydrogens is 318 g/mol. The fraction of sp³-hybridized carbons (Fsp3) is 0.200. The molecule has 1 amide bonds. The summed E-state index contributed by atoms with van der Waals surface area (Å²) >= 11 is 3.38. The van der Waals surface area contributed by atoms with Crippen LogP contribution >= 0.6 is 15.9 Å². The lowest BCUT2D eigenvalue weighted by Crippen LogP contribution is -2.16. The number of anilines is 2. The van der Waals surface area contributed by atoms with Gasteiger partial charge in [0.2, 0.25) is 0 Å². The van der Waals surface area contributed by atoms with E-state index in [1.165, 1.54) is 0 Å². The topological polar surface area (TPSA) is 45.2 Å². The molecule has 4 nitrogen and oxygen atoms in total. The number of hydrogen-bond donors (Lipinski definition) is 1. The number of halogens is 1. The van der Waals surface area contributed by atoms with Crippen molar-refractivity contribution in [3.05, 3.63) is 53.9 Å². The van der Waals surface area contributed by atoms with Gasteiger partial charge in [-0.25, -0.2) is 0 Å². The van der Waals surface area contributed by atoms with Gasteiger partial charge in [-0.15, -0.1) is 0 Å². The Morgan fingerprint density at radius 3 is 2.55 bits per heavy atom. The lowest BCUT2D eigenvalue weighted by atomic mass is 10.1. The fourth-order valence-electron chi connectivity index (χ4n) is 1.81. The quantitative estimate of drug-likeness (QED) is 0.873. The third-order valence-corrected chi connectivity index (χ3v) is 3.55. The summed E-state index contributed by atoms with van der Waals surface area (Å²) in [6, 6.07) is 9.36. The summed E-state index contributed by atoms with van der Waals surface area (Å²) in [6.45, 7) is 0. The number of alkyl halides is 1. The number of nitrogens with one attached hydrogen (secondary N) is 1. The Morgan fingerprint density at radius 2 is 1.95 bits per heavy atom. The van der Waals surface area contributed by atoms with E-state index in [1.54, 1.807) is 12.4 Å². The lowest BCUT2D eigenvalue weighted by Gasteiger charge is -2.17. The number of carbonyl (C=O) groups is 1. The highest BCUT2D eigenvalue weighted by molar-refractivity contribution is 9.08. The number of amides is 1. The molecule has 0 fully saturated rings. The maximum Gasteiger partial charge on any atom is 0.255 e. The van der Waals surface area contributed by atoms with E-state index < -0.39 is 0 Å². The first-order valence-electron chi connectivity index (χ1n) is 6.19. The van der Waals surface area contributed by atoms with Crippen molar-refractivity contribution in [2.45, 2.75) is 5.33 Å². The van der Waals surface area contributed by atoms with Crippen LogP contribution in [0.4, 0.5) is 11.4 Å². The normalized spacial score (nSPS) is 10.2. The second-order valence-corrected chi connectivity index (χ2v) is 5.13. The number of hydrogen-bond acceptors (Lipinski definition) is 3. The molecule has 1 N–H and O–H groups in total. The molecule has 1 aromatic carbocycles. The molecule has 104 valence electrons. The van der Waals surface area contributed by atoms with Gasteiger partial charge < -0.3 is 10.2 Å². The summed E-state index contributed by atoms with van der Waals surface area (Å²) in [4.78, 5) is 18.2. The van der Waals surface area contributed by atoms with Crippen LogP contribution < -0.4 is 10.2 Å². The molecule has 0 unspecified atom stereocenters. The van der Waals surface area contributed by atoms with Gasteiger partial charge in [0, 0.05) is 31.2 Å². The summed E-state index contributed by atoms with van der Waals surface area (Å²) < 4.78 is 0. The van der Waals surface area contributed by atoms with Crippen molar-refractivity contribution in [1.29, 1.82) is 0 Å². The molecule has 0 saturated carbocycles. The van der Waals surface area contributed by atoms with E-state index in [1.807, 2.05) is 49.3 Å². The van der Waals surface area contributed by atoms with Crippen LogP contribution in [0.3, 0.4) is 0 Å². The maximum atomic E-state index is 12.2. The third kappa shape index (κ3) is 3.36. The van der Waals surface area contributed by atoms with Crippen molar-refractivity contribution < 1.29 is 4.79 Å². The molecule has 0 saturated heterocycles. The van der Waals surface area contributed by atoms with Crippen molar-refractivity contribution in [2.75, 3.05) is 24.3 Å². The molecule has 2 aromatic rings. The fourth-order valence-corrected chi connectivity index (χ4v) is 2.19. The van der Waals surface area contributed by atoms with E-state index >= 15 is 0 Å². The van der Waals surface area contributed by atoms with Gasteiger partial charge >= 0.3 is 0 Å². The molecule has 0 aliphatic heterocycles. The van der Waals surface area contributed by atoms with E-state index in [-0.39, 0.29) is 5.91 Å². The first kappa shape index (κ1) is 14.5. The minimum Gasteiger partial charge on any atom is -0.376 e. The third-order valence-electron chi connectivity index (χ3n) is 2.90. The first-order valence-corrected chi connectivity index (χ1v) is 7.31. The van der Waals surface area contributed by atoms with Crippen LogP contribution in [0.15, 0.2) is 42.7 Å². The minimum atomic E-state index is -0.137. The number of pyridine rings is 1. The number of benzene rings is 1. The predicted octanol–water partition coefficient (Wildman–Crippen LogP) is 3.29. The first-order chi connectivity index (χ1) is 9.61. The zero-order chi connectivity index (χ0) is 14.5. The summed E-state index contributed by atoms with van der Waals surface area (Å²) in [7, 11) is 3.85. The SMILES string of the molecule is CN(C)c1ccncc1NC(=O)c1ccc(CBr)cc1. The van der Waals surface area contributed by atoms with E-state index in [4.69, 9.17) is 0 Å². The Kier molecular flexibility index (Phi) is 4.74. The Bertz CT molecular complexity index is 596. The van der Waals surface area contributed by atoms with Crippen LogP contribution in [-0.2, 0) is 5.33 Å². The Hall–Kier alpha value is -1.88. The van der Waals surface area contributed by atoms with Gasteiger partial charge in [-0.05, 0) is 23.8 Å². The van der Waals surface area contributed by atoms with Crippen LogP contribution in [0.25, 0.3) is 0 Å². The van der Waals surface area contributed by atoms with Crippen molar-refractivity contribution in [2.24, 2.45) is 0 Å². The van der Waals surface area contributed by atoms with Gasteiger partial charge in [0.1, 0.15) is 0 Å². The summed E-state index contributed by atoms with van der Waals surface area (Å²) in [6.07, 6.45) is 3.36. The predicted molar refractivity (Wildman–Crippen MR) is 85.6 cm³/mol. The van der Waals surface area contributed by atoms with Crippen LogP contribution in [-0.4, -0.2) is 25.0 Å². The van der Waals surface area contributed by atoms with E-state index in [0.717, 1.165) is 16.6 Å². The van der Waals surface area contributed by atoms with E-state index in [2.05, 4.69) is 26.2 Å². The molecule has 0 aliphatic rings. The molecule has 0 radical (unpaired) electrons. The van der Waals surface area contributed by atoms with Gasteiger partial charge in [-0.2, -0.15) is 0 Å². The molecule has 2 rings (SSSR count). The molecule has 20 heavy (non-hydrogen) atoms. The zero-order valence-electron chi connectivity index (χ0n) is 11.4. The largest absolute Gasteiger partial charge is 0.376 e. The molecular formula is C15H16BrN3O. The van der Waals surface area contributed by atoms with Gasteiger partial charge in [-0.1, -0.05) is 28.1 Å². The van der Waals surface area contributed by atoms with Crippen LogP contribution in [0.2, 0.25) is 0 Å². The van der Waals surface area contributed by atoms with Crippen molar-refractivity contribution in [3.63, 3.8) is 0 Å². The van der Waals surface area contributed by atoms with Crippen LogP contribution in [0, 0.1) is 0 Å². The summed E-state index contributed by atoms with van der Waals surface area (Å²) in [5.41, 5.74) is 3.39. The zero-order valence-corrected chi connectivity index (χ0v) is 13.0. The molecule has 0 aliphatic carbocycles. The second-order valence-electron chi connectivity index (χ2n) is 4.57. The Labute approximate surface area is 127 Å². The Morgan fingerprint density at radius 1 is 1.25 bits per heavy atom. The van der Waals surface area contributed by atoms with E-state index in [0.29, 0.717) is 11.3 Å². The standard InChI is InChI=1S/C15H16BrN3O/c1-19(2)14-7-8-17-10-13(14)18-15(20)12-5-3-11(9-16)4-6-12/h3-8,10H,9H2,1-2H3,(H,18,20). The maximum absolute atomic E-state index is 12.2. The number of nitrogens with zero attached hydrogens (tertiary/aromatic N) is 2. The van der Waals surface area contributed by atoms with Gasteiger partial charge in [0.15, 0.2) is 0 Å². The summed E-state index contributed by atoms with van der Waals surface area (Å²) in [5.74, 6) is -0.137. The summed E-state index contributed by atoms with van der Waals surface area (Å²) in [5, 5.41) is 3.67. The van der Waals surface area contributed by atoms with E-state index in [9.17, 15) is 4.79 Å². The minimum absolute atomic E-state index is 0.137.